The number of carbonyl (C=O) groups excluding carboxylic acids is 1. The number of nitrogens with one attached hydrogen (secondary N) is 1. The van der Waals surface area contributed by atoms with Crippen LogP contribution in [0.1, 0.15) is 22.6 Å². The third-order valence-corrected chi connectivity index (χ3v) is 4.47. The van der Waals surface area contributed by atoms with Gasteiger partial charge in [0.2, 0.25) is 0 Å². The Kier molecular flexibility index (Phi) is 3.54. The van der Waals surface area contributed by atoms with Gasteiger partial charge in [0.05, 0.1) is 17.3 Å². The lowest BCUT2D eigenvalue weighted by Crippen LogP contribution is -2.34. The molecule has 0 aromatic heterocycles. The van der Waals surface area contributed by atoms with Crippen molar-refractivity contribution in [1.82, 2.24) is 0 Å². The number of anilines is 2. The quantitative estimate of drug-likeness (QED) is 0.772. The lowest BCUT2D eigenvalue weighted by atomic mass is 9.93. The number of carbonyl (C=O) groups is 1. The molecule has 0 saturated heterocycles. The number of nitrogens with zero attached hydrogens (tertiary/aromatic N) is 1. The number of hydrazine groups is 1. The van der Waals surface area contributed by atoms with Gasteiger partial charge in [-0.25, -0.2) is 5.01 Å². The van der Waals surface area contributed by atoms with Crippen molar-refractivity contribution in [3.05, 3.63) is 95.6 Å². The molecule has 3 heteroatoms. The largest absolute Gasteiger partial charge is 0.291 e. The maximum absolute atomic E-state index is 13.1. The zero-order valence-corrected chi connectivity index (χ0v) is 13.4. The molecule has 0 aliphatic carbocycles. The van der Waals surface area contributed by atoms with Gasteiger partial charge in [0.15, 0.2) is 0 Å². The van der Waals surface area contributed by atoms with Crippen molar-refractivity contribution in [2.45, 2.75) is 12.8 Å². The number of fused-ring (bicyclic) bond motifs is 1. The van der Waals surface area contributed by atoms with E-state index in [0.717, 1.165) is 28.1 Å². The van der Waals surface area contributed by atoms with E-state index in [4.69, 9.17) is 0 Å². The van der Waals surface area contributed by atoms with E-state index in [-0.39, 0.29) is 11.8 Å². The van der Waals surface area contributed by atoms with Crippen LogP contribution >= 0.6 is 0 Å². The predicted molar refractivity (Wildman–Crippen MR) is 97.0 cm³/mol. The van der Waals surface area contributed by atoms with Crippen molar-refractivity contribution >= 4 is 17.3 Å². The van der Waals surface area contributed by atoms with Crippen LogP contribution in [0.3, 0.4) is 0 Å². The molecular weight excluding hydrogens is 296 g/mol. The number of hydrogen-bond donors (Lipinski definition) is 1. The summed E-state index contributed by atoms with van der Waals surface area (Å²) in [6.07, 6.45) is 0. The second-order valence-electron chi connectivity index (χ2n) is 6.00. The smallest absolute Gasteiger partial charge is 0.257 e. The molecule has 0 saturated carbocycles. The van der Waals surface area contributed by atoms with Gasteiger partial charge in [0.1, 0.15) is 0 Å². The molecule has 0 spiro atoms. The first-order valence-corrected chi connectivity index (χ1v) is 8.06. The number of aryl methyl sites for hydroxylation is 1. The summed E-state index contributed by atoms with van der Waals surface area (Å²) in [5.74, 6) is -0.218. The monoisotopic (exact) mass is 314 g/mol. The Morgan fingerprint density at radius 2 is 1.50 bits per heavy atom. The van der Waals surface area contributed by atoms with Gasteiger partial charge in [0, 0.05) is 0 Å². The maximum atomic E-state index is 13.1. The molecule has 24 heavy (non-hydrogen) atoms. The van der Waals surface area contributed by atoms with Crippen molar-refractivity contribution in [2.75, 3.05) is 10.4 Å². The van der Waals surface area contributed by atoms with Crippen LogP contribution in [0.25, 0.3) is 0 Å². The normalized spacial score (nSPS) is 16.1. The van der Waals surface area contributed by atoms with Crippen molar-refractivity contribution in [1.29, 1.82) is 0 Å². The number of hydrogen-bond acceptors (Lipinski definition) is 2. The summed E-state index contributed by atoms with van der Waals surface area (Å²) in [6.45, 7) is 2.03. The first-order valence-electron chi connectivity index (χ1n) is 8.06. The first kappa shape index (κ1) is 14.5. The molecule has 3 aromatic carbocycles. The van der Waals surface area contributed by atoms with Gasteiger partial charge in [-0.05, 0) is 35.7 Å². The van der Waals surface area contributed by atoms with E-state index in [9.17, 15) is 4.79 Å². The molecule has 1 aliphatic heterocycles. The number of amides is 1. The van der Waals surface area contributed by atoms with Gasteiger partial charge in [-0.2, -0.15) is 0 Å². The number of rotatable bonds is 3. The van der Waals surface area contributed by atoms with Crippen LogP contribution in [0.15, 0.2) is 78.9 Å². The summed E-state index contributed by atoms with van der Waals surface area (Å²) in [7, 11) is 0. The fourth-order valence-electron chi connectivity index (χ4n) is 3.22. The average Bonchev–Trinajstić information content (AvgIpc) is 2.90. The topological polar surface area (TPSA) is 32.3 Å². The fourth-order valence-corrected chi connectivity index (χ4v) is 3.22. The minimum absolute atomic E-state index is 0.0469. The molecule has 118 valence electrons. The Morgan fingerprint density at radius 1 is 0.833 bits per heavy atom. The third-order valence-electron chi connectivity index (χ3n) is 4.47. The Hall–Kier alpha value is -3.07. The molecular formula is C21H18N2O. The second-order valence-corrected chi connectivity index (χ2v) is 6.00. The molecule has 1 atom stereocenters. The summed E-state index contributed by atoms with van der Waals surface area (Å²) in [4.78, 5) is 13.1. The van der Waals surface area contributed by atoms with E-state index in [1.54, 1.807) is 5.01 Å². The summed E-state index contributed by atoms with van der Waals surface area (Å²) >= 11 is 0. The summed E-state index contributed by atoms with van der Waals surface area (Å²) in [5, 5.41) is 1.68. The molecule has 1 amide bonds. The van der Waals surface area contributed by atoms with Crippen molar-refractivity contribution in [2.24, 2.45) is 0 Å². The molecule has 1 N–H and O–H groups in total. The van der Waals surface area contributed by atoms with Crippen molar-refractivity contribution in [3.63, 3.8) is 0 Å². The third kappa shape index (κ3) is 2.35. The Balaban J connectivity index is 1.77. The molecule has 0 bridgehead atoms. The lowest BCUT2D eigenvalue weighted by Gasteiger charge is -2.21. The molecule has 1 unspecified atom stereocenters. The Morgan fingerprint density at radius 3 is 2.29 bits per heavy atom. The zero-order chi connectivity index (χ0) is 16.5. The SMILES string of the molecule is Cc1ccccc1NN1C(=O)C(c2ccccc2)c2ccccc21. The van der Waals surface area contributed by atoms with Gasteiger partial charge in [0.25, 0.3) is 5.91 Å². The Labute approximate surface area is 141 Å². The van der Waals surface area contributed by atoms with Crippen LogP contribution < -0.4 is 10.4 Å². The molecule has 4 rings (SSSR count). The maximum Gasteiger partial charge on any atom is 0.257 e. The van der Waals surface area contributed by atoms with Crippen LogP contribution in [-0.2, 0) is 4.79 Å². The van der Waals surface area contributed by atoms with E-state index in [2.05, 4.69) is 5.43 Å². The number of para-hydroxylation sites is 2. The lowest BCUT2D eigenvalue weighted by molar-refractivity contribution is -0.118. The van der Waals surface area contributed by atoms with Crippen LogP contribution in [-0.4, -0.2) is 5.91 Å². The molecule has 0 fully saturated rings. The van der Waals surface area contributed by atoms with Gasteiger partial charge in [-0.15, -0.1) is 0 Å². The minimum Gasteiger partial charge on any atom is -0.291 e. The average molecular weight is 314 g/mol. The van der Waals surface area contributed by atoms with Crippen molar-refractivity contribution in [3.8, 4) is 0 Å². The summed E-state index contributed by atoms with van der Waals surface area (Å²) in [6, 6.07) is 25.9. The fraction of sp³-hybridized carbons (Fsp3) is 0.0952. The minimum atomic E-state index is -0.265. The highest BCUT2D eigenvalue weighted by molar-refractivity contribution is 6.08. The molecule has 0 radical (unpaired) electrons. The van der Waals surface area contributed by atoms with Crippen LogP contribution in [0, 0.1) is 6.92 Å². The highest BCUT2D eigenvalue weighted by Crippen LogP contribution is 2.41. The summed E-state index contributed by atoms with van der Waals surface area (Å²) < 4.78 is 0. The second kappa shape index (κ2) is 5.85. The summed E-state index contributed by atoms with van der Waals surface area (Å²) in [5.41, 5.74) is 8.31. The van der Waals surface area contributed by atoms with Gasteiger partial charge >= 0.3 is 0 Å². The van der Waals surface area contributed by atoms with Gasteiger partial charge < -0.3 is 0 Å². The van der Waals surface area contributed by atoms with Gasteiger partial charge in [-0.1, -0.05) is 66.7 Å². The van der Waals surface area contributed by atoms with Crippen LogP contribution in [0.2, 0.25) is 0 Å². The predicted octanol–water partition coefficient (Wildman–Crippen LogP) is 4.50. The van der Waals surface area contributed by atoms with Gasteiger partial charge in [-0.3, -0.25) is 10.2 Å². The van der Waals surface area contributed by atoms with Crippen molar-refractivity contribution < 1.29 is 4.79 Å². The Bertz CT molecular complexity index is 889. The van der Waals surface area contributed by atoms with Crippen LogP contribution in [0.5, 0.6) is 0 Å². The molecule has 1 aliphatic rings. The van der Waals surface area contributed by atoms with E-state index < -0.39 is 0 Å². The first-order chi connectivity index (χ1) is 11.8. The molecule has 3 nitrogen and oxygen atoms in total. The van der Waals surface area contributed by atoms with E-state index >= 15 is 0 Å². The molecule has 3 aromatic rings. The van der Waals surface area contributed by atoms with E-state index in [0.29, 0.717) is 0 Å². The number of benzene rings is 3. The highest BCUT2D eigenvalue weighted by Gasteiger charge is 2.38. The highest BCUT2D eigenvalue weighted by atomic mass is 16.2. The van der Waals surface area contributed by atoms with E-state index in [1.165, 1.54) is 0 Å². The molecule has 1 heterocycles. The van der Waals surface area contributed by atoms with Crippen LogP contribution in [0.4, 0.5) is 11.4 Å². The zero-order valence-electron chi connectivity index (χ0n) is 13.4. The van der Waals surface area contributed by atoms with E-state index in [1.807, 2.05) is 85.8 Å². The standard InChI is InChI=1S/C21H18N2O/c1-15-9-5-7-13-18(15)22-23-19-14-8-6-12-17(19)20(21(23)24)16-10-3-2-4-11-16/h2-14,20,22H,1H3.